The van der Waals surface area contributed by atoms with Crippen molar-refractivity contribution in [3.63, 3.8) is 0 Å². The maximum Gasteiger partial charge on any atom is 0.264 e. The molecule has 0 aliphatic rings. The van der Waals surface area contributed by atoms with E-state index in [2.05, 4.69) is 14.9 Å². The largest absolute Gasteiger partial charge is 0.396 e. The molecule has 0 spiro atoms. The SMILES string of the molecule is C.CS(=O)(=O)Cl.CS(=O)(=O)OCCc1c(F)cccc1Cl.OCCc1c(F)cccc1Cl. The first-order valence-electron chi connectivity index (χ1n) is 8.36. The fourth-order valence-corrected chi connectivity index (χ4v) is 2.85. The molecule has 2 aromatic rings. The number of hydrogen-bond donors (Lipinski definition) is 1. The zero-order valence-electron chi connectivity index (χ0n) is 16.5. The second-order valence-corrected chi connectivity index (χ2v) is 11.3. The lowest BCUT2D eigenvalue weighted by Crippen LogP contribution is -2.07. The minimum Gasteiger partial charge on any atom is -0.396 e. The monoisotopic (exact) mass is 556 g/mol. The molecule has 0 bridgehead atoms. The van der Waals surface area contributed by atoms with E-state index in [1.807, 2.05) is 0 Å². The summed E-state index contributed by atoms with van der Waals surface area (Å²) in [6.45, 7) is -0.194. The van der Waals surface area contributed by atoms with Crippen LogP contribution in [0.25, 0.3) is 0 Å². The van der Waals surface area contributed by atoms with Gasteiger partial charge in [0.15, 0.2) is 0 Å². The summed E-state index contributed by atoms with van der Waals surface area (Å²) in [6.07, 6.45) is 2.26. The van der Waals surface area contributed by atoms with Crippen molar-refractivity contribution in [2.24, 2.45) is 0 Å². The highest BCUT2D eigenvalue weighted by Gasteiger charge is 2.08. The predicted octanol–water partition coefficient (Wildman–Crippen LogP) is 4.83. The van der Waals surface area contributed by atoms with Gasteiger partial charge >= 0.3 is 0 Å². The molecule has 32 heavy (non-hydrogen) atoms. The highest BCUT2D eigenvalue weighted by Crippen LogP contribution is 2.20. The van der Waals surface area contributed by atoms with Gasteiger partial charge in [-0.25, -0.2) is 17.2 Å². The van der Waals surface area contributed by atoms with Gasteiger partial charge < -0.3 is 5.11 Å². The van der Waals surface area contributed by atoms with Crippen LogP contribution < -0.4 is 0 Å². The lowest BCUT2D eigenvalue weighted by atomic mass is 10.1. The van der Waals surface area contributed by atoms with Crippen LogP contribution in [-0.2, 0) is 36.2 Å². The maximum atomic E-state index is 13.2. The van der Waals surface area contributed by atoms with Crippen molar-refractivity contribution in [1.82, 2.24) is 0 Å². The van der Waals surface area contributed by atoms with Crippen molar-refractivity contribution in [2.75, 3.05) is 25.7 Å². The predicted molar refractivity (Wildman–Crippen MR) is 126 cm³/mol. The summed E-state index contributed by atoms with van der Waals surface area (Å²) < 4.78 is 70.6. The van der Waals surface area contributed by atoms with E-state index in [9.17, 15) is 25.6 Å². The molecule has 0 heterocycles. The van der Waals surface area contributed by atoms with E-state index >= 15 is 0 Å². The number of halogens is 5. The lowest BCUT2D eigenvalue weighted by molar-refractivity contribution is 0.297. The van der Waals surface area contributed by atoms with Gasteiger partial charge in [-0.15, -0.1) is 0 Å². The number of hydrogen-bond acceptors (Lipinski definition) is 6. The van der Waals surface area contributed by atoms with Crippen molar-refractivity contribution in [2.45, 2.75) is 20.3 Å². The van der Waals surface area contributed by atoms with Crippen LogP contribution in [0.5, 0.6) is 0 Å². The van der Waals surface area contributed by atoms with Gasteiger partial charge in [0.25, 0.3) is 10.1 Å². The first-order valence-corrected chi connectivity index (χ1v) is 13.7. The Morgan fingerprint density at radius 1 is 0.875 bits per heavy atom. The molecular formula is C19H25Cl3F2O6S2. The Bertz CT molecular complexity index is 1000. The summed E-state index contributed by atoms with van der Waals surface area (Å²) in [4.78, 5) is 0. The number of rotatable bonds is 6. The minimum atomic E-state index is -3.49. The quantitative estimate of drug-likeness (QED) is 0.403. The molecule has 0 aliphatic carbocycles. The molecule has 0 fully saturated rings. The van der Waals surface area contributed by atoms with E-state index in [0.717, 1.165) is 12.5 Å². The van der Waals surface area contributed by atoms with E-state index in [1.165, 1.54) is 18.2 Å². The van der Waals surface area contributed by atoms with Crippen LogP contribution in [0.1, 0.15) is 18.6 Å². The molecular weight excluding hydrogens is 533 g/mol. The van der Waals surface area contributed by atoms with Crippen molar-refractivity contribution in [3.05, 3.63) is 69.2 Å². The van der Waals surface area contributed by atoms with E-state index in [-0.39, 0.29) is 49.9 Å². The van der Waals surface area contributed by atoms with Crippen LogP contribution in [0.4, 0.5) is 8.78 Å². The summed E-state index contributed by atoms with van der Waals surface area (Å²) in [5.41, 5.74) is 0.652. The van der Waals surface area contributed by atoms with Crippen molar-refractivity contribution >= 4 is 53.1 Å². The van der Waals surface area contributed by atoms with Crippen molar-refractivity contribution < 1.29 is 34.9 Å². The summed E-state index contributed by atoms with van der Waals surface area (Å²) >= 11 is 11.4. The molecule has 0 saturated carbocycles. The molecule has 2 aromatic carbocycles. The van der Waals surface area contributed by atoms with E-state index in [0.29, 0.717) is 10.6 Å². The zero-order chi connectivity index (χ0) is 24.2. The molecule has 0 unspecified atom stereocenters. The molecule has 0 amide bonds. The smallest absolute Gasteiger partial charge is 0.264 e. The average Bonchev–Trinajstić information content (AvgIpc) is 2.59. The molecule has 0 saturated heterocycles. The molecule has 6 nitrogen and oxygen atoms in total. The second kappa shape index (κ2) is 15.8. The molecule has 0 radical (unpaired) electrons. The molecule has 0 atom stereocenters. The van der Waals surface area contributed by atoms with E-state index in [1.54, 1.807) is 18.2 Å². The molecule has 2 rings (SSSR count). The van der Waals surface area contributed by atoms with Gasteiger partial charge in [0, 0.05) is 44.9 Å². The first-order chi connectivity index (χ1) is 14.2. The third kappa shape index (κ3) is 16.6. The molecule has 184 valence electrons. The third-order valence-electron chi connectivity index (χ3n) is 3.13. The van der Waals surface area contributed by atoms with Gasteiger partial charge in [-0.1, -0.05) is 42.8 Å². The molecule has 0 aromatic heterocycles. The molecule has 1 N–H and O–H groups in total. The molecule has 13 heteroatoms. The number of benzene rings is 2. The average molecular weight is 558 g/mol. The summed E-state index contributed by atoms with van der Waals surface area (Å²) in [5.74, 6) is -0.814. The Balaban J connectivity index is 0. The van der Waals surface area contributed by atoms with Gasteiger partial charge in [-0.3, -0.25) is 4.18 Å². The molecule has 0 aliphatic heterocycles. The van der Waals surface area contributed by atoms with Crippen LogP contribution >= 0.6 is 33.9 Å². The maximum absolute atomic E-state index is 13.2. The van der Waals surface area contributed by atoms with Crippen LogP contribution in [0, 0.1) is 11.6 Å². The Kier molecular flexibility index (Phi) is 16.3. The third-order valence-corrected chi connectivity index (χ3v) is 4.44. The van der Waals surface area contributed by atoms with Gasteiger partial charge in [-0.05, 0) is 30.7 Å². The summed E-state index contributed by atoms with van der Waals surface area (Å²) in [7, 11) is -2.18. The van der Waals surface area contributed by atoms with Crippen LogP contribution in [0.2, 0.25) is 10.0 Å². The Morgan fingerprint density at radius 3 is 1.56 bits per heavy atom. The van der Waals surface area contributed by atoms with E-state index in [4.69, 9.17) is 28.3 Å². The Hall–Kier alpha value is -1.01. The Morgan fingerprint density at radius 2 is 1.25 bits per heavy atom. The normalized spacial score (nSPS) is 10.8. The zero-order valence-corrected chi connectivity index (χ0v) is 20.4. The van der Waals surface area contributed by atoms with Crippen LogP contribution in [0.3, 0.4) is 0 Å². The van der Waals surface area contributed by atoms with Gasteiger partial charge in [-0.2, -0.15) is 8.42 Å². The van der Waals surface area contributed by atoms with Gasteiger partial charge in [0.05, 0.1) is 19.1 Å². The van der Waals surface area contributed by atoms with Gasteiger partial charge in [0.1, 0.15) is 11.6 Å². The van der Waals surface area contributed by atoms with Crippen molar-refractivity contribution in [1.29, 1.82) is 0 Å². The second-order valence-electron chi connectivity index (χ2n) is 5.83. The van der Waals surface area contributed by atoms with Crippen molar-refractivity contribution in [3.8, 4) is 0 Å². The lowest BCUT2D eigenvalue weighted by Gasteiger charge is -2.05. The van der Waals surface area contributed by atoms with E-state index < -0.39 is 25.0 Å². The topological polar surface area (TPSA) is 97.7 Å². The Labute approximate surface area is 202 Å². The number of aliphatic hydroxyl groups excluding tert-OH is 1. The highest BCUT2D eigenvalue weighted by atomic mass is 35.7. The summed E-state index contributed by atoms with van der Waals surface area (Å²) in [6, 6.07) is 8.77. The minimum absolute atomic E-state index is 0. The fraction of sp³-hybridized carbons (Fsp3) is 0.368. The first kappa shape index (κ1) is 33.2. The number of aliphatic hydroxyl groups is 1. The highest BCUT2D eigenvalue weighted by molar-refractivity contribution is 8.13. The van der Waals surface area contributed by atoms with Gasteiger partial charge in [0.2, 0.25) is 9.05 Å². The van der Waals surface area contributed by atoms with Crippen LogP contribution in [0.15, 0.2) is 36.4 Å². The standard InChI is InChI=1S/C9H10ClFO3S.C8H8ClFO.CH3ClO2S.CH4/c1-15(12,13)14-6-5-7-8(10)3-2-4-9(7)11;9-7-2-1-3-8(10)6(7)4-5-11;1-5(2,3)4;/h2-4H,5-6H2,1H3;1-3,11H,4-5H2;1H3;1H4. The van der Waals surface area contributed by atoms with Crippen LogP contribution in [-0.4, -0.2) is 47.7 Å². The fourth-order valence-electron chi connectivity index (χ4n) is 1.95. The summed E-state index contributed by atoms with van der Waals surface area (Å²) in [5, 5.41) is 9.19.